The summed E-state index contributed by atoms with van der Waals surface area (Å²) in [7, 11) is 0. The molecule has 1 saturated heterocycles. The van der Waals surface area contributed by atoms with Crippen molar-refractivity contribution in [2.24, 2.45) is 5.92 Å². The third-order valence-electron chi connectivity index (χ3n) is 3.40. The van der Waals surface area contributed by atoms with Crippen LogP contribution in [0.5, 0.6) is 5.75 Å². The predicted octanol–water partition coefficient (Wildman–Crippen LogP) is 1.99. The first-order valence-electron chi connectivity index (χ1n) is 6.83. The average molecular weight is 288 g/mol. The molecule has 1 aliphatic rings. The molecule has 1 aliphatic heterocycles. The molecule has 6 nitrogen and oxygen atoms in total. The van der Waals surface area contributed by atoms with Crippen LogP contribution in [0.15, 0.2) is 36.5 Å². The summed E-state index contributed by atoms with van der Waals surface area (Å²) in [6.45, 7) is 1.85. The number of carboxylic acids is 1. The van der Waals surface area contributed by atoms with E-state index < -0.39 is 5.97 Å². The van der Waals surface area contributed by atoms with E-state index in [4.69, 9.17) is 9.47 Å². The second-order valence-electron chi connectivity index (χ2n) is 4.97. The zero-order valence-corrected chi connectivity index (χ0v) is 11.4. The van der Waals surface area contributed by atoms with Crippen molar-refractivity contribution in [3.8, 4) is 11.4 Å². The number of ether oxygens (including phenoxy) is 2. The van der Waals surface area contributed by atoms with Gasteiger partial charge in [0, 0.05) is 12.5 Å². The van der Waals surface area contributed by atoms with Crippen LogP contribution in [-0.4, -0.2) is 40.7 Å². The number of aromatic carboxylic acids is 1. The zero-order valence-electron chi connectivity index (χ0n) is 11.4. The first-order valence-corrected chi connectivity index (χ1v) is 6.83. The fourth-order valence-corrected chi connectivity index (χ4v) is 2.25. The van der Waals surface area contributed by atoms with Crippen LogP contribution >= 0.6 is 0 Å². The van der Waals surface area contributed by atoms with Gasteiger partial charge >= 0.3 is 5.97 Å². The fraction of sp³-hybridized carbons (Fsp3) is 0.333. The number of hydrogen-bond donors (Lipinski definition) is 1. The maximum Gasteiger partial charge on any atom is 0.360 e. The van der Waals surface area contributed by atoms with Crippen LogP contribution < -0.4 is 4.74 Å². The molecular formula is C15H16N2O4. The zero-order chi connectivity index (χ0) is 14.7. The van der Waals surface area contributed by atoms with E-state index in [1.54, 1.807) is 6.20 Å². The molecule has 2 heterocycles. The monoisotopic (exact) mass is 288 g/mol. The summed E-state index contributed by atoms with van der Waals surface area (Å²) in [5, 5.41) is 13.3. The molecular weight excluding hydrogens is 272 g/mol. The molecule has 0 bridgehead atoms. The minimum atomic E-state index is -1.10. The van der Waals surface area contributed by atoms with Gasteiger partial charge in [0.1, 0.15) is 0 Å². The Balaban J connectivity index is 1.81. The number of rotatable bonds is 5. The van der Waals surface area contributed by atoms with Gasteiger partial charge in [-0.2, -0.15) is 5.10 Å². The number of carboxylic acid groups (broad SMARTS) is 1. The smallest absolute Gasteiger partial charge is 0.360 e. The van der Waals surface area contributed by atoms with Gasteiger partial charge in [0.25, 0.3) is 0 Å². The van der Waals surface area contributed by atoms with Crippen molar-refractivity contribution in [1.82, 2.24) is 9.78 Å². The maximum absolute atomic E-state index is 11.3. The van der Waals surface area contributed by atoms with E-state index in [0.717, 1.165) is 18.7 Å². The van der Waals surface area contributed by atoms with E-state index in [9.17, 15) is 9.90 Å². The molecule has 6 heteroatoms. The van der Waals surface area contributed by atoms with E-state index in [1.807, 2.05) is 30.3 Å². The van der Waals surface area contributed by atoms with Crippen LogP contribution in [0.3, 0.4) is 0 Å². The highest BCUT2D eigenvalue weighted by molar-refractivity contribution is 5.88. The molecule has 1 unspecified atom stereocenters. The van der Waals surface area contributed by atoms with E-state index in [-0.39, 0.29) is 5.69 Å². The Bertz CT molecular complexity index is 618. The Morgan fingerprint density at radius 3 is 2.90 bits per heavy atom. The Labute approximate surface area is 121 Å². The lowest BCUT2D eigenvalue weighted by molar-refractivity contribution is 0.0684. The van der Waals surface area contributed by atoms with Crippen molar-refractivity contribution in [1.29, 1.82) is 0 Å². The largest absolute Gasteiger partial charge is 0.489 e. The fourth-order valence-electron chi connectivity index (χ4n) is 2.25. The SMILES string of the molecule is O=C(O)c1nn(-c2ccccc2)cc1OCC1CCOC1. The summed E-state index contributed by atoms with van der Waals surface area (Å²) in [4.78, 5) is 11.3. The summed E-state index contributed by atoms with van der Waals surface area (Å²) in [5.74, 6) is -0.493. The second-order valence-corrected chi connectivity index (χ2v) is 4.97. The number of carbonyl (C=O) groups is 1. The molecule has 0 amide bonds. The third-order valence-corrected chi connectivity index (χ3v) is 3.40. The Kier molecular flexibility index (Phi) is 3.87. The number of para-hydroxylation sites is 1. The molecule has 21 heavy (non-hydrogen) atoms. The van der Waals surface area contributed by atoms with E-state index in [1.165, 1.54) is 4.68 Å². The molecule has 0 saturated carbocycles. The van der Waals surface area contributed by atoms with Gasteiger partial charge in [-0.05, 0) is 18.6 Å². The molecule has 0 spiro atoms. The van der Waals surface area contributed by atoms with Gasteiger partial charge in [0.05, 0.1) is 25.1 Å². The molecule has 0 aliphatic carbocycles. The predicted molar refractivity (Wildman–Crippen MR) is 74.9 cm³/mol. The van der Waals surface area contributed by atoms with Crippen LogP contribution in [0, 0.1) is 5.92 Å². The van der Waals surface area contributed by atoms with Crippen LogP contribution in [0.4, 0.5) is 0 Å². The highest BCUT2D eigenvalue weighted by Gasteiger charge is 2.21. The highest BCUT2D eigenvalue weighted by Crippen LogP contribution is 2.22. The lowest BCUT2D eigenvalue weighted by Crippen LogP contribution is -2.12. The molecule has 110 valence electrons. The van der Waals surface area contributed by atoms with Gasteiger partial charge in [-0.3, -0.25) is 0 Å². The molecule has 1 N–H and O–H groups in total. The Hall–Kier alpha value is -2.34. The van der Waals surface area contributed by atoms with Gasteiger partial charge in [-0.15, -0.1) is 0 Å². The lowest BCUT2D eigenvalue weighted by atomic mass is 10.1. The topological polar surface area (TPSA) is 73.6 Å². The molecule has 1 atom stereocenters. The highest BCUT2D eigenvalue weighted by atomic mass is 16.5. The minimum Gasteiger partial charge on any atom is -0.489 e. The number of hydrogen-bond acceptors (Lipinski definition) is 4. The van der Waals surface area contributed by atoms with Gasteiger partial charge in [0.15, 0.2) is 5.75 Å². The number of nitrogens with zero attached hydrogens (tertiary/aromatic N) is 2. The van der Waals surface area contributed by atoms with Crippen molar-refractivity contribution in [3.05, 3.63) is 42.2 Å². The summed E-state index contributed by atoms with van der Waals surface area (Å²) in [6, 6.07) is 9.34. The molecule has 0 radical (unpaired) electrons. The molecule has 1 fully saturated rings. The van der Waals surface area contributed by atoms with Gasteiger partial charge in [0.2, 0.25) is 5.69 Å². The Morgan fingerprint density at radius 2 is 2.24 bits per heavy atom. The average Bonchev–Trinajstić information content (AvgIpc) is 3.15. The summed E-state index contributed by atoms with van der Waals surface area (Å²) in [5.41, 5.74) is 0.719. The normalized spacial score (nSPS) is 17.8. The Morgan fingerprint density at radius 1 is 1.43 bits per heavy atom. The van der Waals surface area contributed by atoms with Crippen molar-refractivity contribution in [2.75, 3.05) is 19.8 Å². The van der Waals surface area contributed by atoms with E-state index >= 15 is 0 Å². The standard InChI is InChI=1S/C15H16N2O4/c18-15(19)14-13(21-10-11-6-7-20-9-11)8-17(16-14)12-4-2-1-3-5-12/h1-5,8,11H,6-7,9-10H2,(H,18,19). The minimum absolute atomic E-state index is 0.0715. The lowest BCUT2D eigenvalue weighted by Gasteiger charge is -2.08. The van der Waals surface area contributed by atoms with Crippen molar-refractivity contribution in [2.45, 2.75) is 6.42 Å². The number of benzene rings is 1. The van der Waals surface area contributed by atoms with Gasteiger partial charge < -0.3 is 14.6 Å². The summed E-state index contributed by atoms with van der Waals surface area (Å²) < 4.78 is 12.4. The van der Waals surface area contributed by atoms with Crippen molar-refractivity contribution in [3.63, 3.8) is 0 Å². The van der Waals surface area contributed by atoms with E-state index in [0.29, 0.717) is 24.9 Å². The first kappa shape index (κ1) is 13.6. The maximum atomic E-state index is 11.3. The number of aromatic nitrogens is 2. The quantitative estimate of drug-likeness (QED) is 0.910. The molecule has 1 aromatic heterocycles. The van der Waals surface area contributed by atoms with Crippen LogP contribution in [0.2, 0.25) is 0 Å². The van der Waals surface area contributed by atoms with Gasteiger partial charge in [-0.1, -0.05) is 18.2 Å². The second kappa shape index (κ2) is 5.97. The van der Waals surface area contributed by atoms with Crippen LogP contribution in [0.25, 0.3) is 5.69 Å². The summed E-state index contributed by atoms with van der Waals surface area (Å²) >= 11 is 0. The van der Waals surface area contributed by atoms with Crippen LogP contribution in [-0.2, 0) is 4.74 Å². The molecule has 2 aromatic rings. The van der Waals surface area contributed by atoms with Crippen LogP contribution in [0.1, 0.15) is 16.9 Å². The van der Waals surface area contributed by atoms with E-state index in [2.05, 4.69) is 5.10 Å². The van der Waals surface area contributed by atoms with Crippen molar-refractivity contribution >= 4 is 5.97 Å². The third kappa shape index (κ3) is 3.05. The summed E-state index contributed by atoms with van der Waals surface area (Å²) in [6.07, 6.45) is 2.55. The first-order chi connectivity index (χ1) is 10.2. The van der Waals surface area contributed by atoms with Crippen molar-refractivity contribution < 1.29 is 19.4 Å². The van der Waals surface area contributed by atoms with Gasteiger partial charge in [-0.25, -0.2) is 9.48 Å². The molecule has 1 aromatic carbocycles. The molecule has 3 rings (SSSR count).